The fourth-order valence-electron chi connectivity index (χ4n) is 5.12. The number of hydrogen-bond acceptors (Lipinski definition) is 4. The second-order valence-electron chi connectivity index (χ2n) is 9.69. The second kappa shape index (κ2) is 11.7. The number of ether oxygens (including phenoxy) is 2. The molecule has 0 amide bonds. The van der Waals surface area contributed by atoms with Crippen LogP contribution < -0.4 is 14.8 Å². The SMILES string of the molecule is COc1ccc2c(C(=O)c3ccc(OCCC4CCCCCN4)cc3)c(-c3ccc(F)cc3F)ccc2c1. The minimum Gasteiger partial charge on any atom is -0.497 e. The molecule has 1 atom stereocenters. The van der Waals surface area contributed by atoms with E-state index in [-0.39, 0.29) is 11.3 Å². The largest absolute Gasteiger partial charge is 0.497 e. The van der Waals surface area contributed by atoms with Crippen molar-refractivity contribution in [1.82, 2.24) is 5.32 Å². The zero-order valence-electron chi connectivity index (χ0n) is 21.4. The summed E-state index contributed by atoms with van der Waals surface area (Å²) in [6.45, 7) is 1.66. The highest BCUT2D eigenvalue weighted by Gasteiger charge is 2.21. The van der Waals surface area contributed by atoms with Crippen LogP contribution in [0.1, 0.15) is 48.0 Å². The van der Waals surface area contributed by atoms with E-state index < -0.39 is 11.6 Å². The molecule has 1 heterocycles. The Morgan fingerprint density at radius 3 is 2.47 bits per heavy atom. The van der Waals surface area contributed by atoms with Gasteiger partial charge in [0, 0.05) is 28.8 Å². The molecule has 0 spiro atoms. The van der Waals surface area contributed by atoms with E-state index in [0.29, 0.717) is 46.2 Å². The van der Waals surface area contributed by atoms with Crippen LogP contribution in [0.2, 0.25) is 0 Å². The number of benzene rings is 4. The fraction of sp³-hybridized carbons (Fsp3) is 0.281. The van der Waals surface area contributed by atoms with Crippen LogP contribution in [0.3, 0.4) is 0 Å². The van der Waals surface area contributed by atoms with E-state index in [2.05, 4.69) is 5.32 Å². The van der Waals surface area contributed by atoms with Crippen LogP contribution in [-0.2, 0) is 0 Å². The Bertz CT molecular complexity index is 1430. The molecule has 1 aliphatic rings. The molecule has 196 valence electrons. The number of ketones is 1. The predicted octanol–water partition coefficient (Wildman–Crippen LogP) is 7.33. The van der Waals surface area contributed by atoms with Crippen molar-refractivity contribution in [2.75, 3.05) is 20.3 Å². The Hall–Kier alpha value is -3.77. The van der Waals surface area contributed by atoms with Crippen molar-refractivity contribution < 1.29 is 23.0 Å². The molecule has 0 aromatic heterocycles. The van der Waals surface area contributed by atoms with E-state index >= 15 is 0 Å². The Morgan fingerprint density at radius 2 is 1.68 bits per heavy atom. The third-order valence-corrected chi connectivity index (χ3v) is 7.19. The van der Waals surface area contributed by atoms with Gasteiger partial charge in [0.15, 0.2) is 5.78 Å². The van der Waals surface area contributed by atoms with Gasteiger partial charge in [-0.1, -0.05) is 25.0 Å². The van der Waals surface area contributed by atoms with Gasteiger partial charge in [0.2, 0.25) is 0 Å². The minimum atomic E-state index is -0.723. The summed E-state index contributed by atoms with van der Waals surface area (Å²) < 4.78 is 39.8. The number of carbonyl (C=O) groups excluding carboxylic acids is 1. The summed E-state index contributed by atoms with van der Waals surface area (Å²) in [5.41, 5.74) is 1.37. The quantitative estimate of drug-likeness (QED) is 0.250. The number of fused-ring (bicyclic) bond motifs is 1. The lowest BCUT2D eigenvalue weighted by Gasteiger charge is -2.16. The van der Waals surface area contributed by atoms with Crippen LogP contribution in [0.15, 0.2) is 72.8 Å². The maximum atomic E-state index is 14.8. The molecular weight excluding hydrogens is 484 g/mol. The molecule has 0 saturated carbocycles. The highest BCUT2D eigenvalue weighted by molar-refractivity contribution is 6.20. The second-order valence-corrected chi connectivity index (χ2v) is 9.69. The first-order chi connectivity index (χ1) is 18.5. The highest BCUT2D eigenvalue weighted by atomic mass is 19.1. The normalized spacial score (nSPS) is 15.7. The first kappa shape index (κ1) is 25.9. The first-order valence-corrected chi connectivity index (χ1v) is 13.1. The topological polar surface area (TPSA) is 47.6 Å². The molecule has 4 nitrogen and oxygen atoms in total. The third-order valence-electron chi connectivity index (χ3n) is 7.19. The zero-order valence-corrected chi connectivity index (χ0v) is 21.4. The van der Waals surface area contributed by atoms with Crippen LogP contribution in [-0.4, -0.2) is 32.1 Å². The summed E-state index contributed by atoms with van der Waals surface area (Å²) in [5.74, 6) is -0.303. The molecule has 1 fully saturated rings. The van der Waals surface area contributed by atoms with Crippen molar-refractivity contribution in [3.05, 3.63) is 95.6 Å². The van der Waals surface area contributed by atoms with Gasteiger partial charge in [-0.15, -0.1) is 0 Å². The van der Waals surface area contributed by atoms with Gasteiger partial charge in [0.05, 0.1) is 13.7 Å². The summed E-state index contributed by atoms with van der Waals surface area (Å²) in [6, 6.07) is 19.8. The van der Waals surface area contributed by atoms with Gasteiger partial charge in [0.1, 0.15) is 23.1 Å². The average Bonchev–Trinajstić information content (AvgIpc) is 3.21. The van der Waals surface area contributed by atoms with Gasteiger partial charge in [-0.2, -0.15) is 0 Å². The molecule has 1 N–H and O–H groups in total. The fourth-order valence-corrected chi connectivity index (χ4v) is 5.12. The molecule has 0 bridgehead atoms. The van der Waals surface area contributed by atoms with Crippen LogP contribution in [0, 0.1) is 11.6 Å². The minimum absolute atomic E-state index is 0.166. The van der Waals surface area contributed by atoms with Gasteiger partial charge in [-0.3, -0.25) is 4.79 Å². The van der Waals surface area contributed by atoms with Crippen molar-refractivity contribution in [3.63, 3.8) is 0 Å². The summed E-state index contributed by atoms with van der Waals surface area (Å²) in [7, 11) is 1.58. The van der Waals surface area contributed by atoms with Gasteiger partial charge >= 0.3 is 0 Å². The number of hydrogen-bond donors (Lipinski definition) is 1. The smallest absolute Gasteiger partial charge is 0.194 e. The van der Waals surface area contributed by atoms with E-state index in [1.54, 1.807) is 49.6 Å². The summed E-state index contributed by atoms with van der Waals surface area (Å²) in [4.78, 5) is 13.9. The molecule has 0 radical (unpaired) electrons. The average molecular weight is 516 g/mol. The van der Waals surface area contributed by atoms with Crippen LogP contribution >= 0.6 is 0 Å². The Morgan fingerprint density at radius 1 is 0.895 bits per heavy atom. The summed E-state index contributed by atoms with van der Waals surface area (Å²) in [5, 5.41) is 5.02. The van der Waals surface area contributed by atoms with Crippen molar-refractivity contribution in [2.24, 2.45) is 0 Å². The number of rotatable bonds is 8. The molecule has 5 rings (SSSR count). The van der Waals surface area contributed by atoms with Crippen LogP contribution in [0.5, 0.6) is 11.5 Å². The maximum Gasteiger partial charge on any atom is 0.194 e. The number of carbonyl (C=O) groups is 1. The Kier molecular flexibility index (Phi) is 7.99. The van der Waals surface area contributed by atoms with Gasteiger partial charge in [-0.05, 0) is 96.7 Å². The van der Waals surface area contributed by atoms with E-state index in [1.807, 2.05) is 12.1 Å². The van der Waals surface area contributed by atoms with E-state index in [4.69, 9.17) is 9.47 Å². The van der Waals surface area contributed by atoms with Gasteiger partial charge in [0.25, 0.3) is 0 Å². The lowest BCUT2D eigenvalue weighted by molar-refractivity contribution is 0.104. The maximum absolute atomic E-state index is 14.8. The molecule has 1 unspecified atom stereocenters. The standard InChI is InChI=1S/C32H31F2NO3/c1-37-26-12-15-27-22(19-26)8-13-29(28-14-9-23(33)20-30(28)34)31(27)32(36)21-6-10-25(11-7-21)38-18-16-24-5-3-2-4-17-35-24/h6-15,19-20,24,35H,2-5,16-18H2,1H3. The van der Waals surface area contributed by atoms with Crippen LogP contribution in [0.4, 0.5) is 8.78 Å². The Labute approximate surface area is 221 Å². The zero-order chi connectivity index (χ0) is 26.5. The van der Waals surface area contributed by atoms with Crippen molar-refractivity contribution in [2.45, 2.75) is 38.1 Å². The van der Waals surface area contributed by atoms with E-state index in [1.165, 1.54) is 37.8 Å². The van der Waals surface area contributed by atoms with E-state index in [9.17, 15) is 13.6 Å². The number of halogens is 2. The predicted molar refractivity (Wildman–Crippen MR) is 146 cm³/mol. The molecule has 6 heteroatoms. The molecular formula is C32H31F2NO3. The molecule has 4 aromatic rings. The highest BCUT2D eigenvalue weighted by Crippen LogP contribution is 2.35. The monoisotopic (exact) mass is 515 g/mol. The van der Waals surface area contributed by atoms with Crippen LogP contribution in [0.25, 0.3) is 21.9 Å². The Balaban J connectivity index is 1.43. The van der Waals surface area contributed by atoms with E-state index in [0.717, 1.165) is 24.4 Å². The first-order valence-electron chi connectivity index (χ1n) is 13.1. The molecule has 1 saturated heterocycles. The lowest BCUT2D eigenvalue weighted by atomic mass is 9.89. The number of methoxy groups -OCH3 is 1. The van der Waals surface area contributed by atoms with Gasteiger partial charge < -0.3 is 14.8 Å². The third kappa shape index (κ3) is 5.70. The van der Waals surface area contributed by atoms with Gasteiger partial charge in [-0.25, -0.2) is 8.78 Å². The lowest BCUT2D eigenvalue weighted by Crippen LogP contribution is -2.29. The molecule has 1 aliphatic heterocycles. The number of nitrogens with one attached hydrogen (secondary N) is 1. The summed E-state index contributed by atoms with van der Waals surface area (Å²) in [6.07, 6.45) is 5.86. The van der Waals surface area contributed by atoms with Crippen molar-refractivity contribution in [3.8, 4) is 22.6 Å². The molecule has 38 heavy (non-hydrogen) atoms. The summed E-state index contributed by atoms with van der Waals surface area (Å²) >= 11 is 0. The molecule has 0 aliphatic carbocycles. The van der Waals surface area contributed by atoms with Crippen molar-refractivity contribution >= 4 is 16.6 Å². The molecule has 4 aromatic carbocycles. The van der Waals surface area contributed by atoms with Crippen molar-refractivity contribution in [1.29, 1.82) is 0 Å².